The lowest BCUT2D eigenvalue weighted by Crippen LogP contribution is -2.22. The van der Waals surface area contributed by atoms with Crippen LogP contribution in [-0.2, 0) is 4.79 Å². The first kappa shape index (κ1) is 14.9. The first-order chi connectivity index (χ1) is 9.54. The zero-order valence-electron chi connectivity index (χ0n) is 11.4. The molecule has 2 aromatic rings. The van der Waals surface area contributed by atoms with Gasteiger partial charge in [-0.25, -0.2) is 0 Å². The summed E-state index contributed by atoms with van der Waals surface area (Å²) in [5.74, 6) is -0.0158. The normalized spacial score (nSPS) is 11.9. The van der Waals surface area contributed by atoms with E-state index in [4.69, 9.17) is 11.6 Å². The van der Waals surface area contributed by atoms with Gasteiger partial charge in [0.15, 0.2) is 0 Å². The minimum absolute atomic E-state index is 0.0158. The van der Waals surface area contributed by atoms with Crippen molar-refractivity contribution in [2.75, 3.05) is 5.32 Å². The molecule has 20 heavy (non-hydrogen) atoms. The summed E-state index contributed by atoms with van der Waals surface area (Å²) >= 11 is 7.36. The number of thioether (sulfide) groups is 1. The number of carbonyl (C=O) groups is 1. The lowest BCUT2D eigenvalue weighted by atomic mass is 10.2. The highest BCUT2D eigenvalue weighted by Gasteiger charge is 2.14. The van der Waals surface area contributed by atoms with E-state index in [1.165, 1.54) is 5.56 Å². The molecule has 0 saturated carbocycles. The van der Waals surface area contributed by atoms with Gasteiger partial charge in [-0.15, -0.1) is 11.8 Å². The fraction of sp³-hybridized carbons (Fsp3) is 0.188. The van der Waals surface area contributed by atoms with E-state index >= 15 is 0 Å². The molecule has 0 spiro atoms. The van der Waals surface area contributed by atoms with Crippen LogP contribution in [-0.4, -0.2) is 11.2 Å². The van der Waals surface area contributed by atoms with Crippen LogP contribution in [0.2, 0.25) is 5.02 Å². The summed E-state index contributed by atoms with van der Waals surface area (Å²) in [6.07, 6.45) is 0. The first-order valence-electron chi connectivity index (χ1n) is 6.34. The predicted molar refractivity (Wildman–Crippen MR) is 86.6 cm³/mol. The third kappa shape index (κ3) is 4.29. The third-order valence-corrected chi connectivity index (χ3v) is 4.18. The molecule has 0 fully saturated rings. The molecule has 2 nitrogen and oxygen atoms in total. The van der Waals surface area contributed by atoms with E-state index in [9.17, 15) is 4.79 Å². The molecule has 0 aliphatic rings. The maximum Gasteiger partial charge on any atom is 0.237 e. The second-order valence-electron chi connectivity index (χ2n) is 4.57. The van der Waals surface area contributed by atoms with Crippen molar-refractivity contribution in [1.29, 1.82) is 0 Å². The van der Waals surface area contributed by atoms with Gasteiger partial charge in [0, 0.05) is 15.6 Å². The average Bonchev–Trinajstić information content (AvgIpc) is 2.44. The number of hydrogen-bond donors (Lipinski definition) is 1. The van der Waals surface area contributed by atoms with Crippen molar-refractivity contribution >= 4 is 35.0 Å². The van der Waals surface area contributed by atoms with Crippen LogP contribution in [0.1, 0.15) is 12.5 Å². The topological polar surface area (TPSA) is 29.1 Å². The van der Waals surface area contributed by atoms with Gasteiger partial charge in [-0.1, -0.05) is 29.3 Å². The van der Waals surface area contributed by atoms with E-state index in [1.54, 1.807) is 36.0 Å². The van der Waals surface area contributed by atoms with Crippen LogP contribution in [0.3, 0.4) is 0 Å². The molecule has 104 valence electrons. The Bertz CT molecular complexity index is 580. The molecule has 0 bridgehead atoms. The Morgan fingerprint density at radius 3 is 2.30 bits per heavy atom. The monoisotopic (exact) mass is 305 g/mol. The number of carbonyl (C=O) groups excluding carboxylic acids is 1. The average molecular weight is 306 g/mol. The second-order valence-corrected chi connectivity index (χ2v) is 6.42. The Morgan fingerprint density at radius 2 is 1.70 bits per heavy atom. The van der Waals surface area contributed by atoms with Crippen molar-refractivity contribution < 1.29 is 4.79 Å². The fourth-order valence-electron chi connectivity index (χ4n) is 1.65. The maximum absolute atomic E-state index is 12.1. The maximum atomic E-state index is 12.1. The van der Waals surface area contributed by atoms with Crippen molar-refractivity contribution in [1.82, 2.24) is 0 Å². The minimum Gasteiger partial charge on any atom is -0.325 e. The molecule has 0 heterocycles. The molecule has 1 atom stereocenters. The second kappa shape index (κ2) is 6.82. The molecule has 1 unspecified atom stereocenters. The van der Waals surface area contributed by atoms with E-state index < -0.39 is 0 Å². The van der Waals surface area contributed by atoms with Gasteiger partial charge in [0.2, 0.25) is 5.91 Å². The number of anilines is 1. The molecule has 0 aliphatic heterocycles. The van der Waals surface area contributed by atoms with Crippen LogP contribution >= 0.6 is 23.4 Å². The number of nitrogens with one attached hydrogen (secondary N) is 1. The molecule has 0 radical (unpaired) electrons. The number of halogens is 1. The van der Waals surface area contributed by atoms with Gasteiger partial charge in [-0.05, 0) is 50.2 Å². The zero-order chi connectivity index (χ0) is 14.5. The van der Waals surface area contributed by atoms with E-state index in [2.05, 4.69) is 5.32 Å². The minimum atomic E-state index is -0.159. The van der Waals surface area contributed by atoms with Gasteiger partial charge in [0.05, 0.1) is 5.25 Å². The van der Waals surface area contributed by atoms with Crippen LogP contribution in [0.5, 0.6) is 0 Å². The van der Waals surface area contributed by atoms with Crippen LogP contribution in [0.15, 0.2) is 53.4 Å². The summed E-state index contributed by atoms with van der Waals surface area (Å²) in [5.41, 5.74) is 1.98. The highest BCUT2D eigenvalue weighted by atomic mass is 35.5. The molecular formula is C16H16ClNOS. The number of aryl methyl sites for hydroxylation is 1. The lowest BCUT2D eigenvalue weighted by molar-refractivity contribution is -0.115. The Balaban J connectivity index is 1.94. The summed E-state index contributed by atoms with van der Waals surface area (Å²) in [6.45, 7) is 3.95. The molecule has 1 amide bonds. The summed E-state index contributed by atoms with van der Waals surface area (Å²) in [7, 11) is 0. The highest BCUT2D eigenvalue weighted by molar-refractivity contribution is 8.00. The van der Waals surface area contributed by atoms with Crippen molar-refractivity contribution in [2.24, 2.45) is 0 Å². The van der Waals surface area contributed by atoms with Crippen LogP contribution in [0.4, 0.5) is 5.69 Å². The molecular weight excluding hydrogens is 290 g/mol. The van der Waals surface area contributed by atoms with E-state index in [-0.39, 0.29) is 11.2 Å². The molecule has 1 N–H and O–H groups in total. The molecule has 0 saturated heterocycles. The Labute approximate surface area is 128 Å². The Kier molecular flexibility index (Phi) is 5.10. The Morgan fingerprint density at radius 1 is 1.10 bits per heavy atom. The van der Waals surface area contributed by atoms with E-state index in [0.29, 0.717) is 5.02 Å². The smallest absolute Gasteiger partial charge is 0.237 e. The fourth-order valence-corrected chi connectivity index (χ4v) is 2.65. The molecule has 2 aromatic carbocycles. The number of rotatable bonds is 4. The highest BCUT2D eigenvalue weighted by Crippen LogP contribution is 2.24. The van der Waals surface area contributed by atoms with Crippen molar-refractivity contribution in [3.8, 4) is 0 Å². The third-order valence-electron chi connectivity index (χ3n) is 2.81. The summed E-state index contributed by atoms with van der Waals surface area (Å²) in [5, 5.41) is 3.38. The van der Waals surface area contributed by atoms with E-state index in [0.717, 1.165) is 10.6 Å². The van der Waals surface area contributed by atoms with Crippen molar-refractivity contribution in [2.45, 2.75) is 24.0 Å². The largest absolute Gasteiger partial charge is 0.325 e. The standard InChI is InChI=1S/C16H16ClNOS/c1-11-3-9-15(10-4-11)20-12(2)16(19)18-14-7-5-13(17)6-8-14/h3-10,12H,1-2H3,(H,18,19). The van der Waals surface area contributed by atoms with Gasteiger partial charge < -0.3 is 5.32 Å². The van der Waals surface area contributed by atoms with Gasteiger partial charge in [0.1, 0.15) is 0 Å². The number of amides is 1. The summed E-state index contributed by atoms with van der Waals surface area (Å²) in [6, 6.07) is 15.3. The van der Waals surface area contributed by atoms with Crippen LogP contribution < -0.4 is 5.32 Å². The first-order valence-corrected chi connectivity index (χ1v) is 7.60. The molecule has 0 aliphatic carbocycles. The lowest BCUT2D eigenvalue weighted by Gasteiger charge is -2.12. The summed E-state index contributed by atoms with van der Waals surface area (Å²) in [4.78, 5) is 13.2. The van der Waals surface area contributed by atoms with Crippen LogP contribution in [0, 0.1) is 6.92 Å². The van der Waals surface area contributed by atoms with Gasteiger partial charge in [0.25, 0.3) is 0 Å². The van der Waals surface area contributed by atoms with Gasteiger partial charge in [-0.2, -0.15) is 0 Å². The van der Waals surface area contributed by atoms with Crippen molar-refractivity contribution in [3.05, 3.63) is 59.1 Å². The number of hydrogen-bond acceptors (Lipinski definition) is 2. The van der Waals surface area contributed by atoms with E-state index in [1.807, 2.05) is 38.1 Å². The molecule has 4 heteroatoms. The zero-order valence-corrected chi connectivity index (χ0v) is 13.0. The summed E-state index contributed by atoms with van der Waals surface area (Å²) < 4.78 is 0. The Hall–Kier alpha value is -1.45. The van der Waals surface area contributed by atoms with Crippen LogP contribution in [0.25, 0.3) is 0 Å². The van der Waals surface area contributed by atoms with Gasteiger partial charge in [-0.3, -0.25) is 4.79 Å². The SMILES string of the molecule is Cc1ccc(SC(C)C(=O)Nc2ccc(Cl)cc2)cc1. The molecule has 0 aromatic heterocycles. The quantitative estimate of drug-likeness (QED) is 0.825. The van der Waals surface area contributed by atoms with Gasteiger partial charge >= 0.3 is 0 Å². The predicted octanol–water partition coefficient (Wildman–Crippen LogP) is 4.77. The van der Waals surface area contributed by atoms with Crippen molar-refractivity contribution in [3.63, 3.8) is 0 Å². The molecule has 2 rings (SSSR count). The number of benzene rings is 2.